The summed E-state index contributed by atoms with van der Waals surface area (Å²) in [7, 11) is 0. The lowest BCUT2D eigenvalue weighted by atomic mass is 10.0. The molecule has 19 heavy (non-hydrogen) atoms. The highest BCUT2D eigenvalue weighted by Crippen LogP contribution is 2.32. The van der Waals surface area contributed by atoms with E-state index in [0.29, 0.717) is 13.0 Å². The molecule has 0 N–H and O–H groups in total. The summed E-state index contributed by atoms with van der Waals surface area (Å²) in [5.74, 6) is 0.759. The highest BCUT2D eigenvalue weighted by Gasteiger charge is 2.34. The Hall–Kier alpha value is -1.50. The van der Waals surface area contributed by atoms with E-state index in [9.17, 15) is 14.5 Å². The molecule has 0 bridgehead atoms. The van der Waals surface area contributed by atoms with Crippen molar-refractivity contribution in [1.29, 1.82) is 0 Å². The van der Waals surface area contributed by atoms with Crippen molar-refractivity contribution in [1.82, 2.24) is 14.7 Å². The first kappa shape index (κ1) is 12.5. The first-order valence-electron chi connectivity index (χ1n) is 6.68. The van der Waals surface area contributed by atoms with Crippen LogP contribution in [0.4, 0.5) is 10.1 Å². The SMILES string of the molecule is O=[N+]([O-])c1cnn(C2CCN(CC3CC3)CC2F)c1. The normalized spacial score (nSPS) is 28.5. The monoisotopic (exact) mass is 268 g/mol. The summed E-state index contributed by atoms with van der Waals surface area (Å²) in [4.78, 5) is 12.3. The maximum atomic E-state index is 14.2. The highest BCUT2D eigenvalue weighted by molar-refractivity contribution is 5.21. The molecule has 1 aliphatic heterocycles. The van der Waals surface area contributed by atoms with Crippen LogP contribution in [0, 0.1) is 16.0 Å². The van der Waals surface area contributed by atoms with Crippen LogP contribution in [0.15, 0.2) is 12.4 Å². The van der Waals surface area contributed by atoms with Crippen LogP contribution in [-0.2, 0) is 0 Å². The zero-order valence-electron chi connectivity index (χ0n) is 10.6. The van der Waals surface area contributed by atoms with E-state index in [1.807, 2.05) is 0 Å². The minimum Gasteiger partial charge on any atom is -0.300 e. The van der Waals surface area contributed by atoms with E-state index in [2.05, 4.69) is 10.00 Å². The maximum Gasteiger partial charge on any atom is 0.307 e. The first-order valence-corrected chi connectivity index (χ1v) is 6.68. The van der Waals surface area contributed by atoms with Crippen molar-refractivity contribution in [3.63, 3.8) is 0 Å². The Morgan fingerprint density at radius 2 is 2.26 bits per heavy atom. The quantitative estimate of drug-likeness (QED) is 0.617. The van der Waals surface area contributed by atoms with Crippen LogP contribution in [0.5, 0.6) is 0 Å². The molecule has 1 saturated heterocycles. The largest absolute Gasteiger partial charge is 0.307 e. The zero-order valence-corrected chi connectivity index (χ0v) is 10.6. The van der Waals surface area contributed by atoms with Gasteiger partial charge in [0.2, 0.25) is 0 Å². The van der Waals surface area contributed by atoms with Gasteiger partial charge in [-0.05, 0) is 25.2 Å². The minimum atomic E-state index is -1.01. The van der Waals surface area contributed by atoms with Gasteiger partial charge in [0, 0.05) is 19.6 Å². The van der Waals surface area contributed by atoms with E-state index >= 15 is 0 Å². The van der Waals surface area contributed by atoms with Gasteiger partial charge in [-0.1, -0.05) is 0 Å². The number of halogens is 1. The third-order valence-electron chi connectivity index (χ3n) is 3.94. The Kier molecular flexibility index (Phi) is 3.22. The number of hydrogen-bond donors (Lipinski definition) is 0. The molecular weight excluding hydrogens is 251 g/mol. The number of hydrogen-bond acceptors (Lipinski definition) is 4. The molecule has 2 heterocycles. The Balaban J connectivity index is 1.63. The lowest BCUT2D eigenvalue weighted by Gasteiger charge is -2.34. The maximum absolute atomic E-state index is 14.2. The smallest absolute Gasteiger partial charge is 0.300 e. The van der Waals surface area contributed by atoms with E-state index in [-0.39, 0.29) is 11.7 Å². The number of rotatable bonds is 4. The summed E-state index contributed by atoms with van der Waals surface area (Å²) in [6, 6.07) is -0.371. The van der Waals surface area contributed by atoms with Crippen molar-refractivity contribution in [2.24, 2.45) is 5.92 Å². The van der Waals surface area contributed by atoms with E-state index in [4.69, 9.17) is 0 Å². The molecule has 7 heteroatoms. The topological polar surface area (TPSA) is 64.2 Å². The number of nitro groups is 1. The van der Waals surface area contributed by atoms with Crippen LogP contribution in [0.2, 0.25) is 0 Å². The van der Waals surface area contributed by atoms with Gasteiger partial charge in [0.25, 0.3) is 0 Å². The summed E-state index contributed by atoms with van der Waals surface area (Å²) < 4.78 is 15.6. The van der Waals surface area contributed by atoms with Crippen LogP contribution in [0.25, 0.3) is 0 Å². The Morgan fingerprint density at radius 1 is 1.47 bits per heavy atom. The third-order valence-corrected chi connectivity index (χ3v) is 3.94. The summed E-state index contributed by atoms with van der Waals surface area (Å²) in [6.07, 6.45) is 4.70. The van der Waals surface area contributed by atoms with Crippen LogP contribution in [0.3, 0.4) is 0 Å². The van der Waals surface area contributed by atoms with Gasteiger partial charge in [-0.2, -0.15) is 5.10 Å². The number of piperidine rings is 1. The zero-order chi connectivity index (χ0) is 13.4. The number of alkyl halides is 1. The first-order chi connectivity index (χ1) is 9.13. The Morgan fingerprint density at radius 3 is 2.84 bits per heavy atom. The van der Waals surface area contributed by atoms with Crippen molar-refractivity contribution in [3.8, 4) is 0 Å². The van der Waals surface area contributed by atoms with E-state index < -0.39 is 11.1 Å². The number of likely N-dealkylation sites (tertiary alicyclic amines) is 1. The predicted molar refractivity (Wildman–Crippen MR) is 66.6 cm³/mol. The fourth-order valence-corrected chi connectivity index (χ4v) is 2.69. The lowest BCUT2D eigenvalue weighted by Crippen LogP contribution is -2.43. The molecule has 2 aliphatic rings. The van der Waals surface area contributed by atoms with Gasteiger partial charge in [-0.25, -0.2) is 4.39 Å². The van der Waals surface area contributed by atoms with E-state index in [1.165, 1.54) is 29.9 Å². The molecule has 1 aliphatic carbocycles. The van der Waals surface area contributed by atoms with Crippen LogP contribution < -0.4 is 0 Å². The standard InChI is InChI=1S/C12H17FN4O2/c13-11-8-15(6-9-1-2-9)4-3-12(11)16-7-10(5-14-16)17(18)19/h5,7,9,11-12H,1-4,6,8H2. The molecule has 1 saturated carbocycles. The van der Waals surface area contributed by atoms with E-state index in [1.54, 1.807) is 0 Å². The molecule has 0 spiro atoms. The van der Waals surface area contributed by atoms with Crippen molar-refractivity contribution < 1.29 is 9.31 Å². The highest BCUT2D eigenvalue weighted by atomic mass is 19.1. The summed E-state index contributed by atoms with van der Waals surface area (Å²) in [5.41, 5.74) is -0.0763. The Labute approximate surface area is 110 Å². The minimum absolute atomic E-state index is 0.0763. The molecule has 6 nitrogen and oxygen atoms in total. The molecular formula is C12H17FN4O2. The average molecular weight is 268 g/mol. The summed E-state index contributed by atoms with van der Waals surface area (Å²) in [5, 5.41) is 14.5. The molecule has 0 radical (unpaired) electrons. The second-order valence-corrected chi connectivity index (χ2v) is 5.51. The summed E-state index contributed by atoms with van der Waals surface area (Å²) >= 11 is 0. The van der Waals surface area contributed by atoms with Gasteiger partial charge >= 0.3 is 5.69 Å². The fraction of sp³-hybridized carbons (Fsp3) is 0.750. The second-order valence-electron chi connectivity index (χ2n) is 5.51. The van der Waals surface area contributed by atoms with Crippen LogP contribution >= 0.6 is 0 Å². The van der Waals surface area contributed by atoms with Crippen LogP contribution in [-0.4, -0.2) is 45.4 Å². The molecule has 1 aromatic heterocycles. The van der Waals surface area contributed by atoms with Crippen LogP contribution in [0.1, 0.15) is 25.3 Å². The lowest BCUT2D eigenvalue weighted by molar-refractivity contribution is -0.385. The summed E-state index contributed by atoms with van der Waals surface area (Å²) in [6.45, 7) is 2.25. The van der Waals surface area contributed by atoms with Gasteiger partial charge in [0.05, 0.1) is 11.0 Å². The number of nitrogens with zero attached hydrogens (tertiary/aromatic N) is 4. The van der Waals surface area contributed by atoms with Crippen molar-refractivity contribution in [3.05, 3.63) is 22.5 Å². The van der Waals surface area contributed by atoms with Gasteiger partial charge in [-0.3, -0.25) is 14.8 Å². The average Bonchev–Trinajstić information content (AvgIpc) is 3.04. The molecule has 3 rings (SSSR count). The second kappa shape index (κ2) is 4.88. The molecule has 2 fully saturated rings. The van der Waals surface area contributed by atoms with E-state index in [0.717, 1.165) is 19.0 Å². The molecule has 0 amide bonds. The molecule has 104 valence electrons. The van der Waals surface area contributed by atoms with Gasteiger partial charge < -0.3 is 4.90 Å². The van der Waals surface area contributed by atoms with Gasteiger partial charge in [0.1, 0.15) is 18.6 Å². The molecule has 2 unspecified atom stereocenters. The third kappa shape index (κ3) is 2.75. The Bertz CT molecular complexity index is 474. The van der Waals surface area contributed by atoms with Crippen molar-refractivity contribution in [2.45, 2.75) is 31.5 Å². The molecule has 0 aromatic carbocycles. The van der Waals surface area contributed by atoms with Crippen molar-refractivity contribution >= 4 is 5.69 Å². The predicted octanol–water partition coefficient (Wildman–Crippen LogP) is 1.79. The van der Waals surface area contributed by atoms with Gasteiger partial charge in [0.15, 0.2) is 0 Å². The number of aromatic nitrogens is 2. The molecule has 1 aromatic rings. The van der Waals surface area contributed by atoms with Gasteiger partial charge in [-0.15, -0.1) is 0 Å². The van der Waals surface area contributed by atoms with Crippen molar-refractivity contribution in [2.75, 3.05) is 19.6 Å². The fourth-order valence-electron chi connectivity index (χ4n) is 2.69. The molecule has 2 atom stereocenters.